The maximum atomic E-state index is 11.0. The molecule has 0 saturated carbocycles. The van der Waals surface area contributed by atoms with E-state index in [-0.39, 0.29) is 5.91 Å². The summed E-state index contributed by atoms with van der Waals surface area (Å²) in [4.78, 5) is 14.9. The highest BCUT2D eigenvalue weighted by Gasteiger charge is 1.98. The number of amides is 1. The first kappa shape index (κ1) is 12.1. The Hall–Kier alpha value is -2.36. The molecule has 0 fully saturated rings. The fourth-order valence-electron chi connectivity index (χ4n) is 1.61. The predicted octanol–water partition coefficient (Wildman–Crippen LogP) is 2.65. The highest BCUT2D eigenvalue weighted by atomic mass is 16.1. The molecule has 0 atom stereocenters. The van der Waals surface area contributed by atoms with Crippen molar-refractivity contribution >= 4 is 17.3 Å². The molecule has 2 rings (SSSR count). The fraction of sp³-hybridized carbons (Fsp3) is 0.143. The van der Waals surface area contributed by atoms with E-state index >= 15 is 0 Å². The summed E-state index contributed by atoms with van der Waals surface area (Å²) in [5.41, 5.74) is 2.93. The van der Waals surface area contributed by atoms with Gasteiger partial charge in [-0.15, -0.1) is 0 Å². The van der Waals surface area contributed by atoms with Gasteiger partial charge in [0.25, 0.3) is 0 Å². The largest absolute Gasteiger partial charge is 0.381 e. The Bertz CT molecular complexity index is 526. The molecule has 0 aliphatic rings. The quantitative estimate of drug-likeness (QED) is 0.865. The van der Waals surface area contributed by atoms with Gasteiger partial charge in [-0.1, -0.05) is 6.07 Å². The zero-order chi connectivity index (χ0) is 12.8. The third-order valence-electron chi connectivity index (χ3n) is 2.43. The molecule has 0 bridgehead atoms. The van der Waals surface area contributed by atoms with Crippen LogP contribution < -0.4 is 10.6 Å². The molecule has 0 spiro atoms. The summed E-state index contributed by atoms with van der Waals surface area (Å²) in [7, 11) is 0. The van der Waals surface area contributed by atoms with Crippen molar-refractivity contribution in [3.05, 3.63) is 54.4 Å². The smallest absolute Gasteiger partial charge is 0.221 e. The highest BCUT2D eigenvalue weighted by Crippen LogP contribution is 2.15. The molecule has 0 unspecified atom stereocenters. The van der Waals surface area contributed by atoms with Crippen LogP contribution in [0.4, 0.5) is 11.4 Å². The van der Waals surface area contributed by atoms with Gasteiger partial charge in [0.1, 0.15) is 0 Å². The van der Waals surface area contributed by atoms with E-state index in [9.17, 15) is 4.79 Å². The van der Waals surface area contributed by atoms with E-state index in [1.807, 2.05) is 36.4 Å². The van der Waals surface area contributed by atoms with Gasteiger partial charge in [0.2, 0.25) is 5.91 Å². The summed E-state index contributed by atoms with van der Waals surface area (Å²) in [6, 6.07) is 11.6. The Morgan fingerprint density at radius 1 is 1.17 bits per heavy atom. The van der Waals surface area contributed by atoms with Gasteiger partial charge in [-0.2, -0.15) is 0 Å². The first-order valence-electron chi connectivity index (χ1n) is 5.74. The number of hydrogen-bond donors (Lipinski definition) is 2. The lowest BCUT2D eigenvalue weighted by Gasteiger charge is -2.08. The molecule has 0 radical (unpaired) electrons. The molecular weight excluding hydrogens is 226 g/mol. The second kappa shape index (κ2) is 5.82. The zero-order valence-electron chi connectivity index (χ0n) is 10.2. The van der Waals surface area contributed by atoms with Gasteiger partial charge < -0.3 is 10.6 Å². The third kappa shape index (κ3) is 3.59. The standard InChI is InChI=1S/C14H15N3O/c1-11(18)17-14-4-2-3-13(9-14)16-10-12-5-7-15-8-6-12/h2-9,16H,10H2,1H3,(H,17,18). The normalized spacial score (nSPS) is 9.83. The SMILES string of the molecule is CC(=O)Nc1cccc(NCc2ccncc2)c1. The maximum absolute atomic E-state index is 11.0. The van der Waals surface area contributed by atoms with E-state index in [1.165, 1.54) is 6.92 Å². The molecule has 1 amide bonds. The maximum Gasteiger partial charge on any atom is 0.221 e. The lowest BCUT2D eigenvalue weighted by molar-refractivity contribution is -0.114. The van der Waals surface area contributed by atoms with E-state index in [1.54, 1.807) is 12.4 Å². The molecule has 4 heteroatoms. The van der Waals surface area contributed by atoms with Gasteiger partial charge >= 0.3 is 0 Å². The minimum absolute atomic E-state index is 0.0683. The van der Waals surface area contributed by atoms with Crippen molar-refractivity contribution < 1.29 is 4.79 Å². The van der Waals surface area contributed by atoms with Crippen LogP contribution in [0.3, 0.4) is 0 Å². The van der Waals surface area contributed by atoms with Crippen LogP contribution in [0, 0.1) is 0 Å². The summed E-state index contributed by atoms with van der Waals surface area (Å²) in [5.74, 6) is -0.0683. The number of anilines is 2. The topological polar surface area (TPSA) is 54.0 Å². The molecule has 1 aromatic heterocycles. The molecule has 2 N–H and O–H groups in total. The predicted molar refractivity (Wildman–Crippen MR) is 72.3 cm³/mol. The van der Waals surface area contributed by atoms with Crippen LogP contribution in [-0.2, 0) is 11.3 Å². The summed E-state index contributed by atoms with van der Waals surface area (Å²) in [5, 5.41) is 6.05. The first-order chi connectivity index (χ1) is 8.74. The Morgan fingerprint density at radius 3 is 2.61 bits per heavy atom. The number of hydrogen-bond acceptors (Lipinski definition) is 3. The van der Waals surface area contributed by atoms with Crippen LogP contribution in [0.2, 0.25) is 0 Å². The minimum atomic E-state index is -0.0683. The Morgan fingerprint density at radius 2 is 1.89 bits per heavy atom. The summed E-state index contributed by atoms with van der Waals surface area (Å²) < 4.78 is 0. The van der Waals surface area contributed by atoms with E-state index in [0.717, 1.165) is 23.5 Å². The van der Waals surface area contributed by atoms with Crippen molar-refractivity contribution in [1.29, 1.82) is 0 Å². The van der Waals surface area contributed by atoms with Crippen LogP contribution in [0.15, 0.2) is 48.8 Å². The third-order valence-corrected chi connectivity index (χ3v) is 2.43. The van der Waals surface area contributed by atoms with Crippen molar-refractivity contribution in [3.8, 4) is 0 Å². The molecular formula is C14H15N3O. The number of carbonyl (C=O) groups excluding carboxylic acids is 1. The van der Waals surface area contributed by atoms with Gasteiger partial charge in [-0.25, -0.2) is 0 Å². The summed E-state index contributed by atoms with van der Waals surface area (Å²) in [6.07, 6.45) is 3.54. The van der Waals surface area contributed by atoms with Crippen LogP contribution in [0.1, 0.15) is 12.5 Å². The number of nitrogens with one attached hydrogen (secondary N) is 2. The molecule has 92 valence electrons. The van der Waals surface area contributed by atoms with Gasteiger partial charge in [-0.05, 0) is 35.9 Å². The van der Waals surface area contributed by atoms with Crippen LogP contribution in [0.5, 0.6) is 0 Å². The number of aromatic nitrogens is 1. The second-order valence-electron chi connectivity index (χ2n) is 3.97. The molecule has 0 saturated heterocycles. The number of carbonyl (C=O) groups is 1. The number of rotatable bonds is 4. The van der Waals surface area contributed by atoms with E-state index < -0.39 is 0 Å². The molecule has 1 heterocycles. The number of pyridine rings is 1. The Balaban J connectivity index is 1.99. The lowest BCUT2D eigenvalue weighted by atomic mass is 10.2. The van der Waals surface area contributed by atoms with Gasteiger partial charge in [-0.3, -0.25) is 9.78 Å². The van der Waals surface area contributed by atoms with Crippen LogP contribution >= 0.6 is 0 Å². The summed E-state index contributed by atoms with van der Waals surface area (Å²) in [6.45, 7) is 2.23. The highest BCUT2D eigenvalue weighted by molar-refractivity contribution is 5.89. The van der Waals surface area contributed by atoms with Crippen molar-refractivity contribution in [2.45, 2.75) is 13.5 Å². The minimum Gasteiger partial charge on any atom is -0.381 e. The fourth-order valence-corrected chi connectivity index (χ4v) is 1.61. The summed E-state index contributed by atoms with van der Waals surface area (Å²) >= 11 is 0. The van der Waals surface area contributed by atoms with E-state index in [0.29, 0.717) is 0 Å². The average molecular weight is 241 g/mol. The van der Waals surface area contributed by atoms with Crippen molar-refractivity contribution in [2.24, 2.45) is 0 Å². The second-order valence-corrected chi connectivity index (χ2v) is 3.97. The van der Waals surface area contributed by atoms with Crippen molar-refractivity contribution in [1.82, 2.24) is 4.98 Å². The van der Waals surface area contributed by atoms with Crippen molar-refractivity contribution in [3.63, 3.8) is 0 Å². The molecule has 4 nitrogen and oxygen atoms in total. The van der Waals surface area contributed by atoms with Crippen LogP contribution in [-0.4, -0.2) is 10.9 Å². The first-order valence-corrected chi connectivity index (χ1v) is 5.74. The van der Waals surface area contributed by atoms with E-state index in [4.69, 9.17) is 0 Å². The molecule has 18 heavy (non-hydrogen) atoms. The van der Waals surface area contributed by atoms with Gasteiger partial charge in [0.05, 0.1) is 0 Å². The molecule has 0 aliphatic carbocycles. The van der Waals surface area contributed by atoms with Crippen molar-refractivity contribution in [2.75, 3.05) is 10.6 Å². The zero-order valence-corrected chi connectivity index (χ0v) is 10.2. The number of nitrogens with zero attached hydrogens (tertiary/aromatic N) is 1. The Labute approximate surface area is 106 Å². The van der Waals surface area contributed by atoms with Gasteiger partial charge in [0, 0.05) is 37.2 Å². The number of benzene rings is 1. The molecule has 1 aromatic carbocycles. The lowest BCUT2D eigenvalue weighted by Crippen LogP contribution is -2.06. The Kier molecular flexibility index (Phi) is 3.91. The average Bonchev–Trinajstić information content (AvgIpc) is 2.37. The van der Waals surface area contributed by atoms with E-state index in [2.05, 4.69) is 15.6 Å². The van der Waals surface area contributed by atoms with Crippen LogP contribution in [0.25, 0.3) is 0 Å². The monoisotopic (exact) mass is 241 g/mol. The molecule has 0 aliphatic heterocycles. The van der Waals surface area contributed by atoms with Gasteiger partial charge in [0.15, 0.2) is 0 Å². The molecule has 2 aromatic rings.